The smallest absolute Gasteiger partial charge is 0.114 e. The highest BCUT2D eigenvalue weighted by Gasteiger charge is 1.92. The first-order valence-electron chi connectivity index (χ1n) is 6.61. The third-order valence-corrected chi connectivity index (χ3v) is 1.67. The lowest BCUT2D eigenvalue weighted by atomic mass is 10.1. The molecule has 0 saturated carbocycles. The van der Waals surface area contributed by atoms with Gasteiger partial charge < -0.3 is 0 Å². The highest BCUT2D eigenvalue weighted by molar-refractivity contribution is 5.45. The Balaban J connectivity index is -0.000000579. The number of alkyl halides is 1. The molecule has 1 heteroatoms. The second-order valence-corrected chi connectivity index (χ2v) is 3.36. The Morgan fingerprint density at radius 1 is 0.789 bits per heavy atom. The lowest BCUT2D eigenvalue weighted by Crippen LogP contribution is -1.81. The Bertz CT molecular complexity index is 341. The van der Waals surface area contributed by atoms with Crippen LogP contribution >= 0.6 is 0 Å². The highest BCUT2D eigenvalue weighted by atomic mass is 19.1. The molecule has 0 aromatic heterocycles. The van der Waals surface area contributed by atoms with E-state index in [4.69, 9.17) is 0 Å². The maximum atomic E-state index is 12.1. The molecule has 0 aliphatic carbocycles. The van der Waals surface area contributed by atoms with E-state index in [2.05, 4.69) is 26.3 Å². The van der Waals surface area contributed by atoms with E-state index in [0.717, 1.165) is 16.7 Å². The lowest BCUT2D eigenvalue weighted by Gasteiger charge is -1.98. The zero-order valence-corrected chi connectivity index (χ0v) is 13.2. The van der Waals surface area contributed by atoms with Crippen LogP contribution in [-0.2, 0) is 0 Å². The van der Waals surface area contributed by atoms with Crippen molar-refractivity contribution in [2.24, 2.45) is 0 Å². The van der Waals surface area contributed by atoms with Gasteiger partial charge in [0.25, 0.3) is 0 Å². The molecule has 108 valence electrons. The Kier molecular flexibility index (Phi) is 19.4. The molecule has 0 bridgehead atoms. The van der Waals surface area contributed by atoms with Gasteiger partial charge in [-0.2, -0.15) is 0 Å². The molecule has 0 nitrogen and oxygen atoms in total. The zero-order chi connectivity index (χ0) is 15.8. The van der Waals surface area contributed by atoms with Crippen molar-refractivity contribution in [3.63, 3.8) is 0 Å². The van der Waals surface area contributed by atoms with E-state index < -0.39 is 6.67 Å². The molecule has 0 aliphatic rings. The molecule has 0 saturated heterocycles. The molecule has 19 heavy (non-hydrogen) atoms. The van der Waals surface area contributed by atoms with E-state index in [0.29, 0.717) is 5.57 Å². The minimum absolute atomic E-state index is 0.424. The van der Waals surface area contributed by atoms with Crippen molar-refractivity contribution in [3.8, 4) is 0 Å². The van der Waals surface area contributed by atoms with Gasteiger partial charge in [0.2, 0.25) is 0 Å². The van der Waals surface area contributed by atoms with Crippen LogP contribution in [0.1, 0.15) is 34.6 Å². The van der Waals surface area contributed by atoms with Crippen molar-refractivity contribution in [3.05, 3.63) is 72.9 Å². The van der Waals surface area contributed by atoms with Gasteiger partial charge in [0.05, 0.1) is 0 Å². The lowest BCUT2D eigenvalue weighted by molar-refractivity contribution is 0.550. The van der Waals surface area contributed by atoms with Gasteiger partial charge in [0.15, 0.2) is 0 Å². The second-order valence-electron chi connectivity index (χ2n) is 3.36. The summed E-state index contributed by atoms with van der Waals surface area (Å²) in [5.41, 5.74) is 2.89. The molecule has 0 aromatic carbocycles. The quantitative estimate of drug-likeness (QED) is 0.489. The first-order chi connectivity index (χ1) is 8.97. The molecule has 0 amide bonds. The summed E-state index contributed by atoms with van der Waals surface area (Å²) in [6.45, 7) is 24.2. The monoisotopic (exact) mass is 264 g/mol. The maximum Gasteiger partial charge on any atom is 0.114 e. The van der Waals surface area contributed by atoms with E-state index >= 15 is 0 Å². The summed E-state index contributed by atoms with van der Waals surface area (Å²) in [5, 5.41) is 0. The van der Waals surface area contributed by atoms with E-state index in [9.17, 15) is 4.39 Å². The fraction of sp³-hybridized carbons (Fsp3) is 0.333. The Morgan fingerprint density at radius 3 is 1.47 bits per heavy atom. The molecule has 0 radical (unpaired) electrons. The average Bonchev–Trinajstić information content (AvgIpc) is 2.45. The molecule has 0 unspecified atom stereocenters. The molecular weight excluding hydrogens is 235 g/mol. The summed E-state index contributed by atoms with van der Waals surface area (Å²) in [6.07, 6.45) is 6.98. The summed E-state index contributed by atoms with van der Waals surface area (Å²) in [5.74, 6) is 0. The predicted molar refractivity (Wildman–Crippen MR) is 89.2 cm³/mol. The zero-order valence-electron chi connectivity index (χ0n) is 13.2. The number of hydrogen-bond donors (Lipinski definition) is 0. The summed E-state index contributed by atoms with van der Waals surface area (Å²) < 4.78 is 12.1. The van der Waals surface area contributed by atoms with Crippen molar-refractivity contribution in [1.82, 2.24) is 0 Å². The second kappa shape index (κ2) is 16.4. The van der Waals surface area contributed by atoms with Crippen molar-refractivity contribution in [2.45, 2.75) is 34.6 Å². The molecule has 0 fully saturated rings. The van der Waals surface area contributed by atoms with Crippen LogP contribution < -0.4 is 0 Å². The summed E-state index contributed by atoms with van der Waals surface area (Å²) >= 11 is 0. The molecule has 0 aliphatic heterocycles. The van der Waals surface area contributed by atoms with Crippen LogP contribution in [0.3, 0.4) is 0 Å². The summed E-state index contributed by atoms with van der Waals surface area (Å²) in [7, 11) is 0. The average molecular weight is 264 g/mol. The molecule has 0 spiro atoms. The van der Waals surface area contributed by atoms with Crippen LogP contribution in [0.2, 0.25) is 0 Å². The Morgan fingerprint density at radius 2 is 1.16 bits per heavy atom. The fourth-order valence-corrected chi connectivity index (χ4v) is 0.720. The van der Waals surface area contributed by atoms with Crippen molar-refractivity contribution < 1.29 is 4.39 Å². The van der Waals surface area contributed by atoms with Crippen LogP contribution in [0.15, 0.2) is 72.9 Å². The molecule has 0 atom stereocenters. The fourth-order valence-electron chi connectivity index (χ4n) is 0.720. The van der Waals surface area contributed by atoms with Gasteiger partial charge in [0.1, 0.15) is 6.67 Å². The third kappa shape index (κ3) is 16.4. The van der Waals surface area contributed by atoms with Gasteiger partial charge in [0, 0.05) is 0 Å². The van der Waals surface area contributed by atoms with E-state index in [1.807, 2.05) is 46.8 Å². The van der Waals surface area contributed by atoms with Gasteiger partial charge in [-0.25, -0.2) is 4.39 Å². The summed E-state index contributed by atoms with van der Waals surface area (Å²) in [4.78, 5) is 0. The van der Waals surface area contributed by atoms with Crippen LogP contribution in [0.25, 0.3) is 0 Å². The molecular formula is C18H29F. The van der Waals surface area contributed by atoms with Crippen molar-refractivity contribution in [1.29, 1.82) is 0 Å². The Labute approximate surface area is 119 Å². The van der Waals surface area contributed by atoms with Gasteiger partial charge in [-0.1, -0.05) is 83.9 Å². The van der Waals surface area contributed by atoms with E-state index in [1.54, 1.807) is 12.2 Å². The number of hydrogen-bond acceptors (Lipinski definition) is 0. The van der Waals surface area contributed by atoms with Crippen molar-refractivity contribution in [2.75, 3.05) is 6.67 Å². The largest absolute Gasteiger partial charge is 0.246 e. The van der Waals surface area contributed by atoms with Crippen LogP contribution in [-0.4, -0.2) is 6.67 Å². The van der Waals surface area contributed by atoms with Crippen LogP contribution in [0.4, 0.5) is 4.39 Å². The van der Waals surface area contributed by atoms with Gasteiger partial charge in [-0.15, -0.1) is 0 Å². The third-order valence-electron chi connectivity index (χ3n) is 1.67. The molecule has 0 heterocycles. The van der Waals surface area contributed by atoms with Gasteiger partial charge >= 0.3 is 0 Å². The minimum Gasteiger partial charge on any atom is -0.246 e. The SMILES string of the molecule is C=C(C)/C=C\C(=C)C(=C)/C=C\C(=C)CF.CC.CC. The first kappa shape index (κ1) is 22.5. The number of halogens is 1. The van der Waals surface area contributed by atoms with Gasteiger partial charge in [-0.3, -0.25) is 0 Å². The van der Waals surface area contributed by atoms with Crippen LogP contribution in [0.5, 0.6) is 0 Å². The van der Waals surface area contributed by atoms with E-state index in [-0.39, 0.29) is 0 Å². The number of rotatable bonds is 6. The maximum absolute atomic E-state index is 12.1. The van der Waals surface area contributed by atoms with Crippen LogP contribution in [0, 0.1) is 0 Å². The summed E-state index contributed by atoms with van der Waals surface area (Å²) in [6, 6.07) is 0. The Hall–Kier alpha value is -1.63. The normalized spacial score (nSPS) is 9.16. The van der Waals surface area contributed by atoms with E-state index in [1.165, 1.54) is 0 Å². The molecule has 0 aromatic rings. The standard InChI is InChI=1S/C14H17F.2C2H6/c1-11(2)6-8-13(4)14(5)9-7-12(3)10-15;2*1-2/h6-9H,1,3-5,10H2,2H3;2*1-2H3/b8-6-,9-7-;;. The highest BCUT2D eigenvalue weighted by Crippen LogP contribution is 2.10. The van der Waals surface area contributed by atoms with Crippen molar-refractivity contribution >= 4 is 0 Å². The minimum atomic E-state index is -0.544. The first-order valence-corrected chi connectivity index (χ1v) is 6.61. The number of allylic oxidation sites excluding steroid dienone is 8. The molecule has 0 rings (SSSR count). The van der Waals surface area contributed by atoms with Gasteiger partial charge in [-0.05, 0) is 23.6 Å². The predicted octanol–water partition coefficient (Wildman–Crippen LogP) is 6.37. The molecule has 0 N–H and O–H groups in total. The topological polar surface area (TPSA) is 0 Å².